The van der Waals surface area contributed by atoms with Gasteiger partial charge in [-0.3, -0.25) is 4.79 Å². The van der Waals surface area contributed by atoms with Crippen molar-refractivity contribution in [3.63, 3.8) is 0 Å². The average Bonchev–Trinajstić information content (AvgIpc) is 2.81. The number of hydrogen-bond acceptors (Lipinski definition) is 2. The van der Waals surface area contributed by atoms with E-state index in [4.69, 9.17) is 5.73 Å². The fourth-order valence-electron chi connectivity index (χ4n) is 4.16. The lowest BCUT2D eigenvalue weighted by Crippen LogP contribution is -2.52. The molecule has 2 aliphatic carbocycles. The molecule has 0 spiro atoms. The summed E-state index contributed by atoms with van der Waals surface area (Å²) >= 11 is 0. The Hall–Kier alpha value is -0.570. The Balaban J connectivity index is 1.67. The van der Waals surface area contributed by atoms with E-state index in [1.165, 1.54) is 25.7 Å². The van der Waals surface area contributed by atoms with Crippen LogP contribution in [-0.2, 0) is 4.79 Å². The maximum Gasteiger partial charge on any atom is 0.226 e. The van der Waals surface area contributed by atoms with Crippen LogP contribution >= 0.6 is 0 Å². The lowest BCUT2D eigenvalue weighted by Gasteiger charge is -2.38. The van der Waals surface area contributed by atoms with Crippen LogP contribution in [0.2, 0.25) is 0 Å². The Morgan fingerprint density at radius 1 is 1.18 bits per heavy atom. The first-order chi connectivity index (χ1) is 8.20. The van der Waals surface area contributed by atoms with Crippen LogP contribution in [-0.4, -0.2) is 29.4 Å². The van der Waals surface area contributed by atoms with Gasteiger partial charge in [-0.2, -0.15) is 0 Å². The van der Waals surface area contributed by atoms with Crippen LogP contribution in [0, 0.1) is 17.8 Å². The lowest BCUT2D eigenvalue weighted by molar-refractivity contribution is -0.137. The van der Waals surface area contributed by atoms with E-state index in [-0.39, 0.29) is 6.04 Å². The van der Waals surface area contributed by atoms with Crippen LogP contribution < -0.4 is 5.73 Å². The number of amides is 1. The summed E-state index contributed by atoms with van der Waals surface area (Å²) < 4.78 is 0. The summed E-state index contributed by atoms with van der Waals surface area (Å²) in [4.78, 5) is 14.7. The Morgan fingerprint density at radius 2 is 1.88 bits per heavy atom. The molecule has 3 nitrogen and oxygen atoms in total. The minimum atomic E-state index is 0.123. The molecule has 1 amide bonds. The Morgan fingerprint density at radius 3 is 2.53 bits per heavy atom. The number of hydrogen-bond donors (Lipinski definition) is 1. The molecule has 1 saturated heterocycles. The van der Waals surface area contributed by atoms with Gasteiger partial charge in [-0.15, -0.1) is 0 Å². The molecule has 3 rings (SSSR count). The molecule has 17 heavy (non-hydrogen) atoms. The Kier molecular flexibility index (Phi) is 2.89. The zero-order valence-electron chi connectivity index (χ0n) is 10.8. The van der Waals surface area contributed by atoms with Crippen molar-refractivity contribution in [1.29, 1.82) is 0 Å². The highest BCUT2D eigenvalue weighted by Crippen LogP contribution is 2.58. The largest absolute Gasteiger partial charge is 0.338 e. The predicted octanol–water partition coefficient (Wildman–Crippen LogP) is 1.76. The molecule has 4 atom stereocenters. The minimum Gasteiger partial charge on any atom is -0.338 e. The topological polar surface area (TPSA) is 46.3 Å². The average molecular weight is 236 g/mol. The smallest absolute Gasteiger partial charge is 0.226 e. The van der Waals surface area contributed by atoms with Crippen LogP contribution in [0.15, 0.2) is 0 Å². The van der Waals surface area contributed by atoms with E-state index in [9.17, 15) is 4.79 Å². The normalized spacial score (nSPS) is 42.1. The summed E-state index contributed by atoms with van der Waals surface area (Å²) in [5.74, 6) is 2.28. The maximum atomic E-state index is 12.6. The molecule has 3 heteroatoms. The van der Waals surface area contributed by atoms with Gasteiger partial charge in [0, 0.05) is 24.5 Å². The van der Waals surface area contributed by atoms with Gasteiger partial charge in [0.25, 0.3) is 0 Å². The van der Waals surface area contributed by atoms with E-state index in [1.807, 2.05) is 6.92 Å². The molecule has 0 radical (unpaired) electrons. The van der Waals surface area contributed by atoms with Gasteiger partial charge in [0.15, 0.2) is 0 Å². The molecule has 1 heterocycles. The van der Waals surface area contributed by atoms with E-state index >= 15 is 0 Å². The summed E-state index contributed by atoms with van der Waals surface area (Å²) in [5.41, 5.74) is 6.04. The van der Waals surface area contributed by atoms with Crippen molar-refractivity contribution < 1.29 is 4.79 Å². The number of carbonyl (C=O) groups is 1. The lowest BCUT2D eigenvalue weighted by atomic mass is 9.95. The van der Waals surface area contributed by atoms with Gasteiger partial charge < -0.3 is 10.6 Å². The van der Waals surface area contributed by atoms with E-state index in [0.29, 0.717) is 17.9 Å². The number of piperidine rings is 1. The molecule has 0 aromatic carbocycles. The third kappa shape index (κ3) is 1.88. The third-order valence-corrected chi connectivity index (χ3v) is 5.13. The number of nitrogens with zero attached hydrogens (tertiary/aromatic N) is 1. The second-order valence-electron chi connectivity index (χ2n) is 6.24. The van der Waals surface area contributed by atoms with Crippen molar-refractivity contribution in [2.45, 2.75) is 57.5 Å². The molecule has 2 saturated carbocycles. The van der Waals surface area contributed by atoms with Gasteiger partial charge in [0.05, 0.1) is 0 Å². The summed E-state index contributed by atoms with van der Waals surface area (Å²) in [7, 11) is 0. The first-order valence-electron chi connectivity index (χ1n) is 7.26. The third-order valence-electron chi connectivity index (χ3n) is 5.13. The maximum absolute atomic E-state index is 12.6. The van der Waals surface area contributed by atoms with Crippen LogP contribution in [0.1, 0.15) is 45.4 Å². The molecule has 3 fully saturated rings. The quantitative estimate of drug-likeness (QED) is 0.794. The molecular weight excluding hydrogens is 212 g/mol. The molecule has 96 valence electrons. The zero-order valence-corrected chi connectivity index (χ0v) is 10.8. The summed E-state index contributed by atoms with van der Waals surface area (Å²) in [6, 6.07) is 0.426. The second-order valence-corrected chi connectivity index (χ2v) is 6.24. The van der Waals surface area contributed by atoms with Crippen LogP contribution in [0.3, 0.4) is 0 Å². The van der Waals surface area contributed by atoms with Gasteiger partial charge >= 0.3 is 0 Å². The number of likely N-dealkylation sites (tertiary alicyclic amines) is 1. The first kappa shape index (κ1) is 11.5. The second kappa shape index (κ2) is 4.27. The fraction of sp³-hybridized carbons (Fsp3) is 0.929. The highest BCUT2D eigenvalue weighted by molar-refractivity contribution is 5.83. The number of rotatable bonds is 2. The molecular formula is C14H24N2O. The molecule has 4 unspecified atom stereocenters. The van der Waals surface area contributed by atoms with Crippen molar-refractivity contribution >= 4 is 5.91 Å². The fourth-order valence-corrected chi connectivity index (χ4v) is 4.16. The van der Waals surface area contributed by atoms with Crippen molar-refractivity contribution in [3.8, 4) is 0 Å². The summed E-state index contributed by atoms with van der Waals surface area (Å²) in [5, 5.41) is 0. The molecule has 0 bridgehead atoms. The highest BCUT2D eigenvalue weighted by Gasteiger charge is 2.58. The zero-order chi connectivity index (χ0) is 12.0. The van der Waals surface area contributed by atoms with Gasteiger partial charge in [-0.05, 0) is 50.9 Å². The van der Waals surface area contributed by atoms with Crippen molar-refractivity contribution in [3.05, 3.63) is 0 Å². The van der Waals surface area contributed by atoms with Gasteiger partial charge in [-0.1, -0.05) is 6.42 Å². The van der Waals surface area contributed by atoms with E-state index in [2.05, 4.69) is 4.90 Å². The van der Waals surface area contributed by atoms with E-state index < -0.39 is 0 Å². The summed E-state index contributed by atoms with van der Waals surface area (Å²) in [6.07, 6.45) is 7.42. The summed E-state index contributed by atoms with van der Waals surface area (Å²) in [6.45, 7) is 2.99. The van der Waals surface area contributed by atoms with Crippen molar-refractivity contribution in [2.24, 2.45) is 23.5 Å². The van der Waals surface area contributed by atoms with Gasteiger partial charge in [0.2, 0.25) is 5.91 Å². The minimum absolute atomic E-state index is 0.123. The highest BCUT2D eigenvalue weighted by atomic mass is 16.2. The van der Waals surface area contributed by atoms with Crippen molar-refractivity contribution in [2.75, 3.05) is 6.54 Å². The number of carbonyl (C=O) groups excluding carboxylic acids is 1. The van der Waals surface area contributed by atoms with E-state index in [0.717, 1.165) is 31.2 Å². The predicted molar refractivity (Wildman–Crippen MR) is 67.3 cm³/mol. The molecule has 1 aliphatic heterocycles. The standard InChI is InChI=1S/C14H24N2O/c1-9(15)12-7-2-3-8-16(12)14(17)13-10-5-4-6-11(10)13/h9-13H,2-8,15H2,1H3. The van der Waals surface area contributed by atoms with Gasteiger partial charge in [-0.25, -0.2) is 0 Å². The Bertz CT molecular complexity index is 305. The number of fused-ring (bicyclic) bond motifs is 1. The molecule has 2 N–H and O–H groups in total. The van der Waals surface area contributed by atoms with Gasteiger partial charge in [0.1, 0.15) is 0 Å². The van der Waals surface area contributed by atoms with E-state index in [1.54, 1.807) is 0 Å². The molecule has 3 aliphatic rings. The molecule has 0 aromatic rings. The first-order valence-corrected chi connectivity index (χ1v) is 7.26. The number of nitrogens with two attached hydrogens (primary N) is 1. The van der Waals surface area contributed by atoms with Crippen LogP contribution in [0.25, 0.3) is 0 Å². The monoisotopic (exact) mass is 236 g/mol. The van der Waals surface area contributed by atoms with Crippen molar-refractivity contribution in [1.82, 2.24) is 4.90 Å². The SMILES string of the molecule is CC(N)C1CCCCN1C(=O)C1C2CCCC21. The van der Waals surface area contributed by atoms with Crippen LogP contribution in [0.4, 0.5) is 0 Å². The molecule has 0 aromatic heterocycles. The Labute approximate surface area is 104 Å². The van der Waals surface area contributed by atoms with Crippen LogP contribution in [0.5, 0.6) is 0 Å².